The third kappa shape index (κ3) is 9.52. The smallest absolute Gasteiger partial charge is 0.303 e. The van der Waals surface area contributed by atoms with Crippen molar-refractivity contribution >= 4 is 11.8 Å². The molecule has 0 aromatic carbocycles. The van der Waals surface area contributed by atoms with Crippen molar-refractivity contribution in [1.29, 1.82) is 0 Å². The summed E-state index contributed by atoms with van der Waals surface area (Å²) in [7, 11) is 0. The Balaban J connectivity index is 2.47. The number of carbonyl (C=O) groups excluding carboxylic acids is 1. The van der Waals surface area contributed by atoms with Crippen molar-refractivity contribution in [2.75, 3.05) is 0 Å². The number of aliphatic carboxylic acids is 1. The zero-order valence-electron chi connectivity index (χ0n) is 17.0. The molecule has 3 N–H and O–H groups in total. The van der Waals surface area contributed by atoms with E-state index >= 15 is 0 Å². The van der Waals surface area contributed by atoms with E-state index in [1.165, 1.54) is 6.42 Å². The van der Waals surface area contributed by atoms with Gasteiger partial charge in [-0.3, -0.25) is 9.59 Å². The number of carboxylic acids is 1. The normalized spacial score (nSPS) is 25.2. The van der Waals surface area contributed by atoms with Crippen LogP contribution in [0.2, 0.25) is 0 Å². The van der Waals surface area contributed by atoms with Gasteiger partial charge < -0.3 is 15.3 Å². The molecule has 1 aliphatic rings. The fraction of sp³-hybridized carbons (Fsp3) is 0.818. The fourth-order valence-corrected chi connectivity index (χ4v) is 3.90. The van der Waals surface area contributed by atoms with Gasteiger partial charge in [0.25, 0.3) is 0 Å². The van der Waals surface area contributed by atoms with E-state index in [-0.39, 0.29) is 30.5 Å². The highest BCUT2D eigenvalue weighted by Gasteiger charge is 2.39. The lowest BCUT2D eigenvalue weighted by Gasteiger charge is -2.22. The monoisotopic (exact) mass is 382 g/mol. The maximum Gasteiger partial charge on any atom is 0.303 e. The highest BCUT2D eigenvalue weighted by atomic mass is 16.4. The number of hydrogen-bond acceptors (Lipinski definition) is 4. The quantitative estimate of drug-likeness (QED) is 0.308. The van der Waals surface area contributed by atoms with Crippen LogP contribution < -0.4 is 0 Å². The van der Waals surface area contributed by atoms with Crippen molar-refractivity contribution in [2.24, 2.45) is 11.8 Å². The van der Waals surface area contributed by atoms with Gasteiger partial charge in [0.1, 0.15) is 5.78 Å². The van der Waals surface area contributed by atoms with Crippen LogP contribution in [-0.2, 0) is 9.59 Å². The van der Waals surface area contributed by atoms with Crippen molar-refractivity contribution in [3.8, 4) is 0 Å². The summed E-state index contributed by atoms with van der Waals surface area (Å²) in [5.74, 6) is -1.08. The first-order valence-corrected chi connectivity index (χ1v) is 10.6. The second-order valence-electron chi connectivity index (χ2n) is 8.30. The van der Waals surface area contributed by atoms with E-state index < -0.39 is 17.7 Å². The summed E-state index contributed by atoms with van der Waals surface area (Å²) in [6.07, 6.45) is 12.4. The number of ketones is 1. The average Bonchev–Trinajstić information content (AvgIpc) is 2.86. The Hall–Kier alpha value is -1.20. The molecule has 0 amide bonds. The SMILES string of the molecule is CCCCCCC(C)(O)/C=C/[C@H]1[C@@H](O)CC(=O)[C@@H]1CCCCCCC(=O)O. The molecule has 0 aromatic heterocycles. The van der Waals surface area contributed by atoms with E-state index in [4.69, 9.17) is 5.11 Å². The van der Waals surface area contributed by atoms with Crippen LogP contribution in [0.4, 0.5) is 0 Å². The first kappa shape index (κ1) is 23.8. The molecule has 0 spiro atoms. The Kier molecular flexibility index (Phi) is 10.9. The van der Waals surface area contributed by atoms with Gasteiger partial charge in [-0.05, 0) is 26.2 Å². The molecule has 0 aromatic rings. The predicted octanol–water partition coefficient (Wildman–Crippen LogP) is 4.26. The molecule has 1 unspecified atom stereocenters. The molecule has 0 heterocycles. The lowest BCUT2D eigenvalue weighted by molar-refractivity contribution is -0.137. The second kappa shape index (κ2) is 12.3. The number of hydrogen-bond donors (Lipinski definition) is 3. The van der Waals surface area contributed by atoms with Crippen LogP contribution in [0.1, 0.15) is 90.9 Å². The Morgan fingerprint density at radius 3 is 2.48 bits per heavy atom. The number of unbranched alkanes of at least 4 members (excludes halogenated alkanes) is 6. The van der Waals surface area contributed by atoms with Gasteiger partial charge in [0, 0.05) is 24.7 Å². The summed E-state index contributed by atoms with van der Waals surface area (Å²) in [5, 5.41) is 29.4. The minimum Gasteiger partial charge on any atom is -0.481 e. The van der Waals surface area contributed by atoms with E-state index in [9.17, 15) is 19.8 Å². The van der Waals surface area contributed by atoms with Gasteiger partial charge in [0.2, 0.25) is 0 Å². The summed E-state index contributed by atoms with van der Waals surface area (Å²) in [6.45, 7) is 3.94. The summed E-state index contributed by atoms with van der Waals surface area (Å²) in [5.41, 5.74) is -0.902. The van der Waals surface area contributed by atoms with E-state index in [2.05, 4.69) is 6.92 Å². The highest BCUT2D eigenvalue weighted by molar-refractivity contribution is 5.84. The lowest BCUT2D eigenvalue weighted by Crippen LogP contribution is -2.23. The maximum atomic E-state index is 12.2. The maximum absolute atomic E-state index is 12.2. The largest absolute Gasteiger partial charge is 0.481 e. The molecule has 0 aliphatic heterocycles. The van der Waals surface area contributed by atoms with Crippen LogP contribution >= 0.6 is 0 Å². The molecule has 0 radical (unpaired) electrons. The van der Waals surface area contributed by atoms with Gasteiger partial charge in [-0.15, -0.1) is 0 Å². The molecule has 156 valence electrons. The second-order valence-corrected chi connectivity index (χ2v) is 8.30. The van der Waals surface area contributed by atoms with Crippen LogP contribution in [0.15, 0.2) is 12.2 Å². The molecule has 0 bridgehead atoms. The van der Waals surface area contributed by atoms with E-state index in [1.54, 1.807) is 13.0 Å². The molecular formula is C22H38O5. The Labute approximate surface area is 163 Å². The standard InChI is InChI=1S/C22H38O5/c1-3-4-5-10-14-22(2,27)15-13-18-17(19(23)16-20(18)24)11-8-6-7-9-12-21(25)26/h13,15,17-18,20,24,27H,3-12,14,16H2,1-2H3,(H,25,26)/b15-13+/t17-,18-,20+,22?/m1/s1. The molecule has 1 rings (SSSR count). The molecular weight excluding hydrogens is 344 g/mol. The van der Waals surface area contributed by atoms with Crippen molar-refractivity contribution in [3.05, 3.63) is 12.2 Å². The molecule has 5 heteroatoms. The Morgan fingerprint density at radius 2 is 1.81 bits per heavy atom. The molecule has 5 nitrogen and oxygen atoms in total. The number of carboxylic acid groups (broad SMARTS) is 1. The first-order valence-electron chi connectivity index (χ1n) is 10.6. The zero-order valence-corrected chi connectivity index (χ0v) is 17.0. The van der Waals surface area contributed by atoms with Gasteiger partial charge in [-0.25, -0.2) is 0 Å². The van der Waals surface area contributed by atoms with E-state index in [1.807, 2.05) is 6.08 Å². The molecule has 27 heavy (non-hydrogen) atoms. The number of aliphatic hydroxyl groups excluding tert-OH is 1. The van der Waals surface area contributed by atoms with Crippen LogP contribution in [0.3, 0.4) is 0 Å². The third-order valence-electron chi connectivity index (χ3n) is 5.60. The summed E-state index contributed by atoms with van der Waals surface area (Å²) < 4.78 is 0. The van der Waals surface area contributed by atoms with Gasteiger partial charge in [0.15, 0.2) is 0 Å². The first-order chi connectivity index (χ1) is 12.8. The summed E-state index contributed by atoms with van der Waals surface area (Å²) in [4.78, 5) is 22.8. The van der Waals surface area contributed by atoms with Crippen molar-refractivity contribution < 1.29 is 24.9 Å². The predicted molar refractivity (Wildman–Crippen MR) is 106 cm³/mol. The summed E-state index contributed by atoms with van der Waals surface area (Å²) in [6, 6.07) is 0. The van der Waals surface area contributed by atoms with Crippen molar-refractivity contribution in [1.82, 2.24) is 0 Å². The lowest BCUT2D eigenvalue weighted by atomic mass is 9.87. The van der Waals surface area contributed by atoms with Gasteiger partial charge >= 0.3 is 5.97 Å². The molecule has 1 aliphatic carbocycles. The number of carbonyl (C=O) groups is 2. The number of aliphatic hydroxyl groups is 2. The average molecular weight is 383 g/mol. The zero-order chi connectivity index (χ0) is 20.3. The highest BCUT2D eigenvalue weighted by Crippen LogP contribution is 2.35. The summed E-state index contributed by atoms with van der Waals surface area (Å²) >= 11 is 0. The molecule has 4 atom stereocenters. The van der Waals surface area contributed by atoms with Crippen LogP contribution in [0, 0.1) is 11.8 Å². The van der Waals surface area contributed by atoms with Gasteiger partial charge in [-0.2, -0.15) is 0 Å². The minimum atomic E-state index is -0.902. The number of Topliss-reactive ketones (excluding diaryl/α,β-unsaturated/α-hetero) is 1. The van der Waals surface area contributed by atoms with Gasteiger partial charge in [0.05, 0.1) is 11.7 Å². The van der Waals surface area contributed by atoms with E-state index in [0.717, 1.165) is 44.9 Å². The van der Waals surface area contributed by atoms with Crippen LogP contribution in [0.25, 0.3) is 0 Å². The fourth-order valence-electron chi connectivity index (χ4n) is 3.90. The Bertz CT molecular complexity index is 483. The molecule has 0 saturated heterocycles. The third-order valence-corrected chi connectivity index (χ3v) is 5.60. The van der Waals surface area contributed by atoms with Gasteiger partial charge in [-0.1, -0.05) is 64.0 Å². The topological polar surface area (TPSA) is 94.8 Å². The molecule has 1 saturated carbocycles. The van der Waals surface area contributed by atoms with Crippen molar-refractivity contribution in [2.45, 2.75) is 103 Å². The van der Waals surface area contributed by atoms with E-state index in [0.29, 0.717) is 12.8 Å². The minimum absolute atomic E-state index is 0.102. The van der Waals surface area contributed by atoms with Crippen LogP contribution in [0.5, 0.6) is 0 Å². The number of rotatable bonds is 14. The van der Waals surface area contributed by atoms with Crippen molar-refractivity contribution in [3.63, 3.8) is 0 Å². The Morgan fingerprint density at radius 1 is 1.15 bits per heavy atom. The molecule has 1 fully saturated rings. The van der Waals surface area contributed by atoms with Crippen LogP contribution in [-0.4, -0.2) is 38.8 Å².